The van der Waals surface area contributed by atoms with E-state index in [-0.39, 0.29) is 6.61 Å². The van der Waals surface area contributed by atoms with Gasteiger partial charge in [-0.05, 0) is 70.1 Å². The van der Waals surface area contributed by atoms with E-state index in [1.807, 2.05) is 18.2 Å². The van der Waals surface area contributed by atoms with Crippen molar-refractivity contribution in [2.45, 2.75) is 40.0 Å². The molecule has 2 aromatic rings. The van der Waals surface area contributed by atoms with Crippen LogP contribution in [0.25, 0.3) is 0 Å². The summed E-state index contributed by atoms with van der Waals surface area (Å²) in [6, 6.07) is 12.6. The molecule has 2 N–H and O–H groups in total. The molecular weight excluding hydrogens is 448 g/mol. The van der Waals surface area contributed by atoms with Crippen molar-refractivity contribution in [3.05, 3.63) is 58.1 Å². The van der Waals surface area contributed by atoms with E-state index in [9.17, 15) is 9.59 Å². The van der Waals surface area contributed by atoms with E-state index < -0.39 is 11.8 Å². The van der Waals surface area contributed by atoms with Crippen LogP contribution in [0.4, 0.5) is 0 Å². The Morgan fingerprint density at radius 3 is 2.43 bits per heavy atom. The van der Waals surface area contributed by atoms with Crippen LogP contribution in [-0.2, 0) is 4.79 Å². The molecule has 0 aliphatic heterocycles. The van der Waals surface area contributed by atoms with E-state index in [2.05, 4.69) is 54.5 Å². The van der Waals surface area contributed by atoms with E-state index in [1.165, 1.54) is 5.56 Å². The Balaban J connectivity index is 1.81. The molecule has 0 aromatic heterocycles. The Morgan fingerprint density at radius 2 is 1.77 bits per heavy atom. The molecule has 7 heteroatoms. The molecule has 0 bridgehead atoms. The highest BCUT2D eigenvalue weighted by molar-refractivity contribution is 9.10. The van der Waals surface area contributed by atoms with Crippen molar-refractivity contribution in [3.8, 4) is 11.5 Å². The van der Waals surface area contributed by atoms with Crippen LogP contribution in [0.1, 0.15) is 56.0 Å². The molecule has 0 fully saturated rings. The fourth-order valence-corrected chi connectivity index (χ4v) is 3.02. The summed E-state index contributed by atoms with van der Waals surface area (Å²) in [4.78, 5) is 24.3. The number of hydrazine groups is 1. The number of hydrogen-bond acceptors (Lipinski definition) is 4. The van der Waals surface area contributed by atoms with Crippen molar-refractivity contribution in [1.82, 2.24) is 10.9 Å². The first-order chi connectivity index (χ1) is 14.3. The van der Waals surface area contributed by atoms with Gasteiger partial charge in [0, 0.05) is 5.56 Å². The van der Waals surface area contributed by atoms with Crippen LogP contribution in [-0.4, -0.2) is 25.0 Å². The summed E-state index contributed by atoms with van der Waals surface area (Å²) in [7, 11) is 0. The first-order valence-corrected chi connectivity index (χ1v) is 10.8. The summed E-state index contributed by atoms with van der Waals surface area (Å²) in [5.74, 6) is 1.23. The molecule has 162 valence electrons. The zero-order valence-electron chi connectivity index (χ0n) is 17.8. The van der Waals surface area contributed by atoms with E-state index in [0.717, 1.165) is 10.9 Å². The first-order valence-electron chi connectivity index (χ1n) is 10.0. The second-order valence-electron chi connectivity index (χ2n) is 7.69. The summed E-state index contributed by atoms with van der Waals surface area (Å²) in [6.45, 7) is 8.82. The second kappa shape index (κ2) is 11.6. The van der Waals surface area contributed by atoms with Gasteiger partial charge in [-0.3, -0.25) is 20.4 Å². The number of hydrogen-bond donors (Lipinski definition) is 2. The number of benzene rings is 2. The minimum atomic E-state index is -0.465. The number of halogens is 1. The van der Waals surface area contributed by atoms with Crippen LogP contribution in [0.5, 0.6) is 11.5 Å². The zero-order chi connectivity index (χ0) is 22.1. The quantitative estimate of drug-likeness (QED) is 0.507. The Morgan fingerprint density at radius 1 is 1.00 bits per heavy atom. The van der Waals surface area contributed by atoms with Gasteiger partial charge < -0.3 is 9.47 Å². The smallest absolute Gasteiger partial charge is 0.276 e. The summed E-state index contributed by atoms with van der Waals surface area (Å²) >= 11 is 3.45. The molecule has 0 aliphatic carbocycles. The fraction of sp³-hybridized carbons (Fsp3) is 0.391. The van der Waals surface area contributed by atoms with Crippen LogP contribution in [0.15, 0.2) is 46.9 Å². The van der Waals surface area contributed by atoms with Crippen molar-refractivity contribution >= 4 is 27.7 Å². The molecule has 30 heavy (non-hydrogen) atoms. The second-order valence-corrected chi connectivity index (χ2v) is 8.55. The van der Waals surface area contributed by atoms with Gasteiger partial charge >= 0.3 is 0 Å². The molecule has 2 rings (SSSR count). The number of rotatable bonds is 9. The SMILES string of the molecule is CC(C)CCOc1cccc(C(=O)NNC(=O)COc2ccc(C(C)C)cc2Br)c1. The number of nitrogens with one attached hydrogen (secondary N) is 2. The van der Waals surface area contributed by atoms with Gasteiger partial charge in [-0.1, -0.05) is 39.8 Å². The highest BCUT2D eigenvalue weighted by Crippen LogP contribution is 2.28. The molecule has 0 saturated carbocycles. The standard InChI is InChI=1S/C23H29BrN2O4/c1-15(2)10-11-29-19-7-5-6-18(12-19)23(28)26-25-22(27)14-30-21-9-8-17(16(3)4)13-20(21)24/h5-9,12-13,15-16H,10-11,14H2,1-4H3,(H,25,27)(H,26,28). The van der Waals surface area contributed by atoms with Gasteiger partial charge in [-0.2, -0.15) is 0 Å². The van der Waals surface area contributed by atoms with Gasteiger partial charge in [0.1, 0.15) is 11.5 Å². The third-order valence-corrected chi connectivity index (χ3v) is 4.98. The van der Waals surface area contributed by atoms with Crippen LogP contribution in [0.2, 0.25) is 0 Å². The van der Waals surface area contributed by atoms with Crippen molar-refractivity contribution < 1.29 is 19.1 Å². The van der Waals surface area contributed by atoms with Gasteiger partial charge in [0.2, 0.25) is 0 Å². The summed E-state index contributed by atoms with van der Waals surface area (Å²) in [5.41, 5.74) is 6.31. The molecule has 0 spiro atoms. The lowest BCUT2D eigenvalue weighted by atomic mass is 10.0. The minimum absolute atomic E-state index is 0.224. The predicted octanol–water partition coefficient (Wildman–Crippen LogP) is 4.84. The molecule has 0 atom stereocenters. The van der Waals surface area contributed by atoms with E-state index in [1.54, 1.807) is 24.3 Å². The average Bonchev–Trinajstić information content (AvgIpc) is 2.70. The largest absolute Gasteiger partial charge is 0.494 e. The average molecular weight is 477 g/mol. The van der Waals surface area contributed by atoms with Crippen molar-refractivity contribution in [3.63, 3.8) is 0 Å². The number of carbonyl (C=O) groups excluding carboxylic acids is 2. The molecule has 2 aromatic carbocycles. The Kier molecular flexibility index (Phi) is 9.17. The van der Waals surface area contributed by atoms with Crippen LogP contribution in [0.3, 0.4) is 0 Å². The number of amides is 2. The van der Waals surface area contributed by atoms with Gasteiger partial charge in [0.05, 0.1) is 11.1 Å². The van der Waals surface area contributed by atoms with Gasteiger partial charge in [-0.25, -0.2) is 0 Å². The molecule has 0 heterocycles. The predicted molar refractivity (Wildman–Crippen MR) is 121 cm³/mol. The molecule has 2 amide bonds. The highest BCUT2D eigenvalue weighted by Gasteiger charge is 2.11. The van der Waals surface area contributed by atoms with E-state index in [4.69, 9.17) is 9.47 Å². The van der Waals surface area contributed by atoms with Gasteiger partial charge in [-0.15, -0.1) is 0 Å². The van der Waals surface area contributed by atoms with Crippen LogP contribution in [0, 0.1) is 5.92 Å². The Bertz CT molecular complexity index is 868. The zero-order valence-corrected chi connectivity index (χ0v) is 19.4. The lowest BCUT2D eigenvalue weighted by Gasteiger charge is -2.12. The summed E-state index contributed by atoms with van der Waals surface area (Å²) in [5, 5.41) is 0. The third kappa shape index (κ3) is 7.71. The van der Waals surface area contributed by atoms with E-state index >= 15 is 0 Å². The molecule has 0 saturated heterocycles. The molecule has 0 unspecified atom stereocenters. The molecule has 0 radical (unpaired) electrons. The highest BCUT2D eigenvalue weighted by atomic mass is 79.9. The fourth-order valence-electron chi connectivity index (χ4n) is 2.51. The topological polar surface area (TPSA) is 76.7 Å². The van der Waals surface area contributed by atoms with E-state index in [0.29, 0.717) is 35.5 Å². The summed E-state index contributed by atoms with van der Waals surface area (Å²) < 4.78 is 12.0. The van der Waals surface area contributed by atoms with Crippen molar-refractivity contribution in [2.75, 3.05) is 13.2 Å². The minimum Gasteiger partial charge on any atom is -0.494 e. The maximum absolute atomic E-state index is 12.3. The molecular formula is C23H29BrN2O4. The summed E-state index contributed by atoms with van der Waals surface area (Å²) in [6.07, 6.45) is 0.933. The van der Waals surface area contributed by atoms with Crippen LogP contribution >= 0.6 is 15.9 Å². The first kappa shape index (κ1) is 23.7. The van der Waals surface area contributed by atoms with Crippen molar-refractivity contribution in [1.29, 1.82) is 0 Å². The van der Waals surface area contributed by atoms with Crippen LogP contribution < -0.4 is 20.3 Å². The monoisotopic (exact) mass is 476 g/mol. The Hall–Kier alpha value is -2.54. The molecule has 6 nitrogen and oxygen atoms in total. The Labute approximate surface area is 186 Å². The number of ether oxygens (including phenoxy) is 2. The van der Waals surface area contributed by atoms with Gasteiger partial charge in [0.25, 0.3) is 11.8 Å². The third-order valence-electron chi connectivity index (χ3n) is 4.36. The van der Waals surface area contributed by atoms with Gasteiger partial charge in [0.15, 0.2) is 6.61 Å². The maximum Gasteiger partial charge on any atom is 0.276 e. The lowest BCUT2D eigenvalue weighted by Crippen LogP contribution is -2.43. The maximum atomic E-state index is 12.3. The number of carbonyl (C=O) groups is 2. The lowest BCUT2D eigenvalue weighted by molar-refractivity contribution is -0.123. The van der Waals surface area contributed by atoms with Crippen molar-refractivity contribution in [2.24, 2.45) is 5.92 Å². The normalized spacial score (nSPS) is 10.8. The molecule has 0 aliphatic rings.